The van der Waals surface area contributed by atoms with Gasteiger partial charge in [-0.05, 0) is 51.3 Å². The lowest BCUT2D eigenvalue weighted by Gasteiger charge is -2.30. The van der Waals surface area contributed by atoms with Gasteiger partial charge in [0.15, 0.2) is 15.7 Å². The average Bonchev–Trinajstić information content (AvgIpc) is 3.42. The first-order valence-corrected chi connectivity index (χ1v) is 13.0. The van der Waals surface area contributed by atoms with Crippen LogP contribution in [0.25, 0.3) is 0 Å². The largest absolute Gasteiger partial charge is 0.447 e. The van der Waals surface area contributed by atoms with Crippen molar-refractivity contribution in [3.63, 3.8) is 0 Å². The molecule has 4 rings (SSSR count). The Morgan fingerprint density at radius 1 is 1.18 bits per heavy atom. The number of likely N-dealkylation sites (tertiary alicyclic amines) is 1. The van der Waals surface area contributed by atoms with Crippen LogP contribution < -0.4 is 4.90 Å². The average molecular weight is 481 g/mol. The molecule has 0 N–H and O–H groups in total. The summed E-state index contributed by atoms with van der Waals surface area (Å²) in [5.41, 5.74) is 0.366. The molecule has 0 spiro atoms. The van der Waals surface area contributed by atoms with E-state index in [9.17, 15) is 17.6 Å². The van der Waals surface area contributed by atoms with Crippen LogP contribution in [0.3, 0.4) is 0 Å². The van der Waals surface area contributed by atoms with Gasteiger partial charge in [0.2, 0.25) is 5.89 Å². The van der Waals surface area contributed by atoms with Crippen molar-refractivity contribution >= 4 is 21.6 Å². The lowest BCUT2D eigenvalue weighted by Crippen LogP contribution is -2.39. The highest BCUT2D eigenvalue weighted by molar-refractivity contribution is 7.90. The molecule has 3 heterocycles. The van der Waals surface area contributed by atoms with E-state index in [1.54, 1.807) is 4.90 Å². The van der Waals surface area contributed by atoms with E-state index in [1.807, 2.05) is 18.7 Å². The summed E-state index contributed by atoms with van der Waals surface area (Å²) < 4.78 is 48.7. The van der Waals surface area contributed by atoms with Gasteiger partial charge in [-0.15, -0.1) is 0 Å². The van der Waals surface area contributed by atoms with Crippen molar-refractivity contribution < 1.29 is 26.9 Å². The number of carbonyl (C=O) groups is 1. The number of ether oxygens (including phenoxy) is 1. The van der Waals surface area contributed by atoms with E-state index in [4.69, 9.17) is 9.26 Å². The van der Waals surface area contributed by atoms with Crippen molar-refractivity contribution in [2.45, 2.75) is 55.9 Å². The molecule has 0 radical (unpaired) electrons. The first kappa shape index (κ1) is 23.5. The van der Waals surface area contributed by atoms with E-state index in [0.717, 1.165) is 31.6 Å². The van der Waals surface area contributed by atoms with Crippen molar-refractivity contribution in [1.82, 2.24) is 15.0 Å². The van der Waals surface area contributed by atoms with Crippen molar-refractivity contribution in [1.29, 1.82) is 0 Å². The van der Waals surface area contributed by atoms with Crippen molar-refractivity contribution in [3.05, 3.63) is 35.7 Å². The molecular weight excluding hydrogens is 451 g/mol. The lowest BCUT2D eigenvalue weighted by molar-refractivity contribution is 0.0688. The molecule has 2 saturated heterocycles. The molecule has 1 amide bonds. The molecule has 0 bridgehead atoms. The maximum atomic E-state index is 14.6. The van der Waals surface area contributed by atoms with Gasteiger partial charge in [-0.2, -0.15) is 4.98 Å². The molecule has 2 aliphatic heterocycles. The summed E-state index contributed by atoms with van der Waals surface area (Å²) in [6, 6.07) is 3.99. The number of hydrogen-bond donors (Lipinski definition) is 0. The highest BCUT2D eigenvalue weighted by Crippen LogP contribution is 2.34. The van der Waals surface area contributed by atoms with E-state index >= 15 is 0 Å². The zero-order valence-electron chi connectivity index (χ0n) is 19.0. The van der Waals surface area contributed by atoms with Gasteiger partial charge in [0, 0.05) is 38.4 Å². The number of rotatable bonds is 5. The predicted molar refractivity (Wildman–Crippen MR) is 119 cm³/mol. The number of carbonyl (C=O) groups excluding carboxylic acids is 1. The molecule has 2 fully saturated rings. The van der Waals surface area contributed by atoms with Crippen LogP contribution in [0.2, 0.25) is 0 Å². The van der Waals surface area contributed by atoms with Crippen LogP contribution in [0.4, 0.5) is 14.9 Å². The van der Waals surface area contributed by atoms with Gasteiger partial charge in [0.1, 0.15) is 5.82 Å². The quantitative estimate of drug-likeness (QED) is 0.642. The van der Waals surface area contributed by atoms with Crippen molar-refractivity contribution in [2.24, 2.45) is 0 Å². The summed E-state index contributed by atoms with van der Waals surface area (Å²) in [6.07, 6.45) is 2.82. The first-order chi connectivity index (χ1) is 15.6. The fraction of sp³-hybridized carbons (Fsp3) is 0.591. The normalized spacial score (nSPS) is 20.0. The number of hydrogen-bond acceptors (Lipinski definition) is 8. The van der Waals surface area contributed by atoms with Crippen LogP contribution in [0.1, 0.15) is 56.7 Å². The second kappa shape index (κ2) is 9.28. The third-order valence-corrected chi connectivity index (χ3v) is 7.25. The first-order valence-electron chi connectivity index (χ1n) is 11.2. The molecule has 2 aliphatic rings. The highest BCUT2D eigenvalue weighted by atomic mass is 32.2. The van der Waals surface area contributed by atoms with Crippen LogP contribution in [0, 0.1) is 5.82 Å². The van der Waals surface area contributed by atoms with Gasteiger partial charge in [-0.1, -0.05) is 5.16 Å². The van der Waals surface area contributed by atoms with Crippen molar-refractivity contribution in [3.8, 4) is 0 Å². The molecule has 9 nitrogen and oxygen atoms in total. The highest BCUT2D eigenvalue weighted by Gasteiger charge is 2.32. The summed E-state index contributed by atoms with van der Waals surface area (Å²) in [4.78, 5) is 20.2. The summed E-state index contributed by atoms with van der Waals surface area (Å²) in [7, 11) is -3.46. The zero-order valence-corrected chi connectivity index (χ0v) is 19.8. The topological polar surface area (TPSA) is 106 Å². The Kier molecular flexibility index (Phi) is 6.60. The third kappa shape index (κ3) is 5.29. The van der Waals surface area contributed by atoms with Crippen LogP contribution in [-0.2, 0) is 14.6 Å². The summed E-state index contributed by atoms with van der Waals surface area (Å²) in [5.74, 6) is 0.698. The monoisotopic (exact) mass is 480 g/mol. The molecule has 1 aromatic carbocycles. The molecular formula is C22H29FN4O5S. The Labute approximate surface area is 192 Å². The third-order valence-electron chi connectivity index (χ3n) is 6.14. The molecule has 11 heteroatoms. The lowest BCUT2D eigenvalue weighted by atomic mass is 9.96. The minimum Gasteiger partial charge on any atom is -0.447 e. The van der Waals surface area contributed by atoms with E-state index in [1.165, 1.54) is 12.1 Å². The molecule has 0 saturated carbocycles. The number of sulfone groups is 1. The van der Waals surface area contributed by atoms with E-state index in [2.05, 4.69) is 10.1 Å². The summed E-state index contributed by atoms with van der Waals surface area (Å²) >= 11 is 0. The Balaban J connectivity index is 1.36. The molecule has 1 aromatic heterocycles. The van der Waals surface area contributed by atoms with E-state index < -0.39 is 15.7 Å². The standard InChI is InChI=1S/C22H29FN4O5S/c1-14(2)31-22(28)26-9-6-15(7-10-26)20-24-21(32-25-20)16-8-11-27(13-16)19-5-4-17(12-18(19)23)33(3,29)30/h4-5,12,14-16H,6-11,13H2,1-3H3/t16-/m0/s1. The zero-order chi connectivity index (χ0) is 23.8. The van der Waals surface area contributed by atoms with Crippen molar-refractivity contribution in [2.75, 3.05) is 37.3 Å². The van der Waals surface area contributed by atoms with Crippen LogP contribution in [-0.4, -0.2) is 68.1 Å². The maximum absolute atomic E-state index is 14.6. The van der Waals surface area contributed by atoms with E-state index in [0.29, 0.717) is 43.6 Å². The number of halogens is 1. The number of amides is 1. The number of piperidine rings is 1. The minimum atomic E-state index is -3.46. The summed E-state index contributed by atoms with van der Waals surface area (Å²) in [6.45, 7) is 5.94. The molecule has 0 aliphatic carbocycles. The SMILES string of the molecule is CC(C)OC(=O)N1CCC(c2noc([C@H]3CCN(c4ccc(S(C)(=O)=O)cc4F)C3)n2)CC1. The Morgan fingerprint density at radius 2 is 1.88 bits per heavy atom. The fourth-order valence-electron chi connectivity index (χ4n) is 4.33. The molecule has 1 atom stereocenters. The van der Waals surface area contributed by atoms with Gasteiger partial charge in [-0.3, -0.25) is 0 Å². The predicted octanol–water partition coefficient (Wildman–Crippen LogP) is 3.33. The van der Waals surface area contributed by atoms with Crippen LogP contribution in [0.15, 0.2) is 27.6 Å². The van der Waals surface area contributed by atoms with Gasteiger partial charge in [-0.25, -0.2) is 17.6 Å². The van der Waals surface area contributed by atoms with E-state index in [-0.39, 0.29) is 28.9 Å². The Morgan fingerprint density at radius 3 is 2.52 bits per heavy atom. The van der Waals surface area contributed by atoms with Gasteiger partial charge in [0.05, 0.1) is 22.6 Å². The number of anilines is 1. The second-order valence-electron chi connectivity index (χ2n) is 9.00. The molecule has 0 unspecified atom stereocenters. The molecule has 180 valence electrons. The van der Waals surface area contributed by atoms with Gasteiger partial charge >= 0.3 is 6.09 Å². The minimum absolute atomic E-state index is 0.0265. The van der Waals surface area contributed by atoms with Gasteiger partial charge < -0.3 is 19.1 Å². The smallest absolute Gasteiger partial charge is 0.410 e. The number of nitrogens with zero attached hydrogens (tertiary/aromatic N) is 4. The van der Waals surface area contributed by atoms with Gasteiger partial charge in [0.25, 0.3) is 0 Å². The molecule has 2 aromatic rings. The number of benzene rings is 1. The fourth-order valence-corrected chi connectivity index (χ4v) is 4.96. The second-order valence-corrected chi connectivity index (χ2v) is 11.0. The van der Waals surface area contributed by atoms with Crippen LogP contribution >= 0.6 is 0 Å². The van der Waals surface area contributed by atoms with Crippen LogP contribution in [0.5, 0.6) is 0 Å². The summed E-state index contributed by atoms with van der Waals surface area (Å²) in [5, 5.41) is 4.18. The molecule has 33 heavy (non-hydrogen) atoms. The number of aromatic nitrogens is 2. The maximum Gasteiger partial charge on any atom is 0.410 e. The Bertz CT molecular complexity index is 1110. The Hall–Kier alpha value is -2.69.